The number of ether oxygens (including phenoxy) is 3. The first-order valence-electron chi connectivity index (χ1n) is 11.5. The Bertz CT molecular complexity index is 1270. The van der Waals surface area contributed by atoms with Crippen LogP contribution in [0.15, 0.2) is 42.5 Å². The van der Waals surface area contributed by atoms with E-state index in [4.69, 9.17) is 14.2 Å². The molecule has 2 amide bonds. The Hall–Kier alpha value is -3.58. The van der Waals surface area contributed by atoms with Crippen molar-refractivity contribution < 1.29 is 37.0 Å². The van der Waals surface area contributed by atoms with Crippen LogP contribution >= 0.6 is 0 Å². The predicted molar refractivity (Wildman–Crippen MR) is 120 cm³/mol. The van der Waals surface area contributed by atoms with Crippen molar-refractivity contribution in [3.05, 3.63) is 53.6 Å². The molecule has 4 unspecified atom stereocenters. The molecule has 0 N–H and O–H groups in total. The summed E-state index contributed by atoms with van der Waals surface area (Å²) < 4.78 is 59.1. The molecule has 3 saturated heterocycles. The number of amides is 2. The molecule has 36 heavy (non-hydrogen) atoms. The molecule has 4 atom stereocenters. The number of methoxy groups -OCH3 is 1. The smallest absolute Gasteiger partial charge is 0.419 e. The quantitative estimate of drug-likeness (QED) is 0.544. The molecule has 3 aliphatic heterocycles. The van der Waals surface area contributed by atoms with Gasteiger partial charge in [0.2, 0.25) is 11.8 Å². The van der Waals surface area contributed by atoms with Gasteiger partial charge in [0.05, 0.1) is 59.6 Å². The number of carbonyl (C=O) groups is 2. The number of rotatable bonds is 6. The Morgan fingerprint density at radius 3 is 2.39 bits per heavy atom. The third kappa shape index (κ3) is 3.53. The summed E-state index contributed by atoms with van der Waals surface area (Å²) in [5, 5.41) is 9.26. The summed E-state index contributed by atoms with van der Waals surface area (Å²) in [6.07, 6.45) is -3.67. The van der Waals surface area contributed by atoms with Gasteiger partial charge in [-0.3, -0.25) is 9.59 Å². The Balaban J connectivity index is 1.45. The van der Waals surface area contributed by atoms with Crippen molar-refractivity contribution in [3.63, 3.8) is 0 Å². The van der Waals surface area contributed by atoms with Crippen LogP contribution in [0.2, 0.25) is 0 Å². The maximum atomic E-state index is 13.9. The second-order valence-corrected chi connectivity index (χ2v) is 9.53. The SMILES string of the molecule is COc1ccc(OCCC23CCC(C)(O2)C2C(=O)N(c4cccc(C#N)c4C(F)(F)F)C(=O)C23)cc1. The molecular formula is C26H23F3N2O5. The van der Waals surface area contributed by atoms with Gasteiger partial charge in [-0.05, 0) is 56.2 Å². The normalized spacial score (nSPS) is 28.8. The number of halogens is 3. The highest BCUT2D eigenvalue weighted by molar-refractivity contribution is 6.23. The highest BCUT2D eigenvalue weighted by Crippen LogP contribution is 2.62. The molecule has 3 heterocycles. The van der Waals surface area contributed by atoms with E-state index >= 15 is 0 Å². The average Bonchev–Trinajstić information content (AvgIpc) is 3.42. The minimum absolute atomic E-state index is 0.185. The van der Waals surface area contributed by atoms with E-state index in [1.165, 1.54) is 12.1 Å². The van der Waals surface area contributed by atoms with Gasteiger partial charge in [0.25, 0.3) is 0 Å². The summed E-state index contributed by atoms with van der Waals surface area (Å²) in [6, 6.07) is 11.8. The summed E-state index contributed by atoms with van der Waals surface area (Å²) in [4.78, 5) is 27.8. The van der Waals surface area contributed by atoms with E-state index in [1.807, 2.05) is 0 Å². The fourth-order valence-electron chi connectivity index (χ4n) is 5.98. The third-order valence-corrected chi connectivity index (χ3v) is 7.55. The molecule has 2 bridgehead atoms. The molecule has 7 nitrogen and oxygen atoms in total. The molecule has 0 aromatic heterocycles. The fourth-order valence-corrected chi connectivity index (χ4v) is 5.98. The van der Waals surface area contributed by atoms with E-state index in [-0.39, 0.29) is 13.0 Å². The molecule has 3 fully saturated rings. The standard InChI is InChI=1S/C26H23F3N2O5/c1-24-10-11-25(36-24,12-13-35-17-8-6-16(34-2)7-9-17)21-20(24)22(32)31(23(21)33)18-5-3-4-15(14-30)19(18)26(27,28)29/h3-9,20-21H,10-13H2,1-2H3. The number of carbonyl (C=O) groups excluding carboxylic acids is 2. The molecule has 5 rings (SSSR count). The molecule has 188 valence electrons. The van der Waals surface area contributed by atoms with Crippen molar-refractivity contribution in [2.45, 2.75) is 43.6 Å². The molecule has 2 aromatic rings. The molecule has 0 aliphatic carbocycles. The Morgan fingerprint density at radius 2 is 1.75 bits per heavy atom. The van der Waals surface area contributed by atoms with E-state index in [2.05, 4.69) is 0 Å². The van der Waals surface area contributed by atoms with E-state index in [9.17, 15) is 28.0 Å². The fraction of sp³-hybridized carbons (Fsp3) is 0.423. The van der Waals surface area contributed by atoms with Gasteiger partial charge < -0.3 is 14.2 Å². The Labute approximate surface area is 205 Å². The number of hydrogen-bond donors (Lipinski definition) is 0. The third-order valence-electron chi connectivity index (χ3n) is 7.55. The zero-order valence-electron chi connectivity index (χ0n) is 19.6. The first-order chi connectivity index (χ1) is 17.0. The minimum atomic E-state index is -4.93. The molecule has 0 saturated carbocycles. The highest BCUT2D eigenvalue weighted by atomic mass is 19.4. The van der Waals surface area contributed by atoms with E-state index < -0.39 is 57.8 Å². The van der Waals surface area contributed by atoms with Crippen LogP contribution in [-0.2, 0) is 20.5 Å². The number of alkyl halides is 3. The van der Waals surface area contributed by atoms with E-state index in [1.54, 1.807) is 38.3 Å². The van der Waals surface area contributed by atoms with Gasteiger partial charge in [-0.25, -0.2) is 4.90 Å². The van der Waals surface area contributed by atoms with E-state index in [0.717, 1.165) is 12.1 Å². The number of hydrogen-bond acceptors (Lipinski definition) is 6. The summed E-state index contributed by atoms with van der Waals surface area (Å²) in [5.41, 5.74) is -4.55. The van der Waals surface area contributed by atoms with Gasteiger partial charge >= 0.3 is 6.18 Å². The Morgan fingerprint density at radius 1 is 1.08 bits per heavy atom. The molecular weight excluding hydrogens is 477 g/mol. The lowest BCUT2D eigenvalue weighted by Crippen LogP contribution is -2.43. The van der Waals surface area contributed by atoms with Gasteiger partial charge in [-0.2, -0.15) is 18.4 Å². The number of nitriles is 1. The first-order valence-corrected chi connectivity index (χ1v) is 11.5. The van der Waals surface area contributed by atoms with Gasteiger partial charge in [-0.1, -0.05) is 6.07 Å². The zero-order valence-corrected chi connectivity index (χ0v) is 19.6. The number of benzene rings is 2. The minimum Gasteiger partial charge on any atom is -0.497 e. The van der Waals surface area contributed by atoms with Crippen LogP contribution in [0.4, 0.5) is 18.9 Å². The molecule has 10 heteroatoms. The van der Waals surface area contributed by atoms with Crippen LogP contribution in [0.5, 0.6) is 11.5 Å². The monoisotopic (exact) mass is 500 g/mol. The molecule has 2 aromatic carbocycles. The van der Waals surface area contributed by atoms with Crippen LogP contribution in [0.25, 0.3) is 0 Å². The van der Waals surface area contributed by atoms with Gasteiger partial charge in [0.1, 0.15) is 11.5 Å². The van der Waals surface area contributed by atoms with Gasteiger partial charge in [-0.15, -0.1) is 0 Å². The summed E-state index contributed by atoms with van der Waals surface area (Å²) in [5.74, 6) is -2.06. The summed E-state index contributed by atoms with van der Waals surface area (Å²) in [7, 11) is 1.55. The number of nitrogens with zero attached hydrogens (tertiary/aromatic N) is 2. The van der Waals surface area contributed by atoms with Crippen LogP contribution in [0.3, 0.4) is 0 Å². The van der Waals surface area contributed by atoms with Crippen molar-refractivity contribution in [2.75, 3.05) is 18.6 Å². The second-order valence-electron chi connectivity index (χ2n) is 9.53. The van der Waals surface area contributed by atoms with Crippen molar-refractivity contribution in [1.82, 2.24) is 0 Å². The molecule has 0 spiro atoms. The maximum Gasteiger partial charge on any atom is 0.419 e. The highest BCUT2D eigenvalue weighted by Gasteiger charge is 2.74. The largest absolute Gasteiger partial charge is 0.497 e. The van der Waals surface area contributed by atoms with Crippen molar-refractivity contribution in [2.24, 2.45) is 11.8 Å². The summed E-state index contributed by atoms with van der Waals surface area (Å²) in [6.45, 7) is 1.92. The second kappa shape index (κ2) is 8.23. The molecule has 3 aliphatic rings. The van der Waals surface area contributed by atoms with Crippen LogP contribution in [-0.4, -0.2) is 36.7 Å². The topological polar surface area (TPSA) is 88.9 Å². The maximum absolute atomic E-state index is 13.9. The lowest BCUT2D eigenvalue weighted by Gasteiger charge is -2.31. The summed E-state index contributed by atoms with van der Waals surface area (Å²) >= 11 is 0. The van der Waals surface area contributed by atoms with Crippen LogP contribution < -0.4 is 14.4 Å². The van der Waals surface area contributed by atoms with Crippen LogP contribution in [0.1, 0.15) is 37.3 Å². The van der Waals surface area contributed by atoms with Crippen molar-refractivity contribution in [1.29, 1.82) is 5.26 Å². The van der Waals surface area contributed by atoms with Gasteiger partial charge in [0, 0.05) is 6.42 Å². The molecule has 0 radical (unpaired) electrons. The number of anilines is 1. The van der Waals surface area contributed by atoms with E-state index in [0.29, 0.717) is 29.2 Å². The number of fused-ring (bicyclic) bond motifs is 5. The Kier molecular flexibility index (Phi) is 5.52. The zero-order chi connectivity index (χ0) is 25.9. The first kappa shape index (κ1) is 24.1. The van der Waals surface area contributed by atoms with Gasteiger partial charge in [0.15, 0.2) is 0 Å². The number of imide groups is 1. The van der Waals surface area contributed by atoms with Crippen molar-refractivity contribution in [3.8, 4) is 17.6 Å². The van der Waals surface area contributed by atoms with Crippen LogP contribution in [0, 0.1) is 23.2 Å². The lowest BCUT2D eigenvalue weighted by atomic mass is 9.67. The lowest BCUT2D eigenvalue weighted by molar-refractivity contribution is -0.137. The average molecular weight is 500 g/mol. The predicted octanol–water partition coefficient (Wildman–Crippen LogP) is 4.48. The van der Waals surface area contributed by atoms with Crippen molar-refractivity contribution >= 4 is 17.5 Å².